The van der Waals surface area contributed by atoms with Gasteiger partial charge in [-0.05, 0) is 23.8 Å². The van der Waals surface area contributed by atoms with Crippen molar-refractivity contribution in [3.05, 3.63) is 41.1 Å². The second-order valence-electron chi connectivity index (χ2n) is 5.07. The predicted octanol–water partition coefficient (Wildman–Crippen LogP) is 2.61. The predicted molar refractivity (Wildman–Crippen MR) is 72.9 cm³/mol. The molecule has 0 aliphatic carbocycles. The van der Waals surface area contributed by atoms with Crippen LogP contribution in [0.5, 0.6) is 0 Å². The van der Waals surface area contributed by atoms with Gasteiger partial charge in [0.15, 0.2) is 0 Å². The smallest absolute Gasteiger partial charge is 0.337 e. The number of fused-ring (bicyclic) bond motifs is 1. The van der Waals surface area contributed by atoms with Crippen LogP contribution < -0.4 is 4.90 Å². The van der Waals surface area contributed by atoms with E-state index in [-0.39, 0.29) is 11.4 Å². The number of carbonyl (C=O) groups is 1. The van der Waals surface area contributed by atoms with Crippen LogP contribution in [0.25, 0.3) is 0 Å². The van der Waals surface area contributed by atoms with Gasteiger partial charge in [-0.15, -0.1) is 0 Å². The van der Waals surface area contributed by atoms with Crippen LogP contribution in [0.2, 0.25) is 0 Å². The summed E-state index contributed by atoms with van der Waals surface area (Å²) in [6, 6.07) is 7.56. The first-order valence-electron chi connectivity index (χ1n) is 6.00. The van der Waals surface area contributed by atoms with Crippen LogP contribution in [0.1, 0.15) is 29.8 Å². The lowest BCUT2D eigenvalue weighted by Gasteiger charge is -2.22. The van der Waals surface area contributed by atoms with Gasteiger partial charge in [-0.3, -0.25) is 0 Å². The highest BCUT2D eigenvalue weighted by molar-refractivity contribution is 5.91. The lowest BCUT2D eigenvalue weighted by Crippen LogP contribution is -2.22. The number of nitrogens with zero attached hydrogens (tertiary/aromatic N) is 2. The second-order valence-corrected chi connectivity index (χ2v) is 5.07. The Kier molecular flexibility index (Phi) is 3.07. The van der Waals surface area contributed by atoms with Crippen LogP contribution in [0.15, 0.2) is 30.0 Å². The summed E-state index contributed by atoms with van der Waals surface area (Å²) in [7, 11) is 3.29. The van der Waals surface area contributed by atoms with Crippen molar-refractivity contribution in [3.63, 3.8) is 0 Å². The van der Waals surface area contributed by atoms with E-state index < -0.39 is 0 Å². The maximum Gasteiger partial charge on any atom is 0.337 e. The normalized spacial score (nSPS) is 18.1. The Balaban J connectivity index is 2.61. The molecule has 0 spiro atoms. The number of hydrogen-bond acceptors (Lipinski definition) is 4. The SMILES string of the molecule is COC(=O)c1ccc2c(c1)C(C)(C)C(=CC#N)N2C. The number of allylic oxidation sites excluding steroid dienone is 2. The molecule has 0 bridgehead atoms. The number of nitriles is 1. The van der Waals surface area contributed by atoms with Crippen LogP contribution in [0.4, 0.5) is 5.69 Å². The molecule has 0 unspecified atom stereocenters. The van der Waals surface area contributed by atoms with E-state index in [1.807, 2.05) is 37.9 Å². The van der Waals surface area contributed by atoms with Crippen molar-refractivity contribution < 1.29 is 9.53 Å². The molecule has 2 rings (SSSR count). The summed E-state index contributed by atoms with van der Waals surface area (Å²) >= 11 is 0. The van der Waals surface area contributed by atoms with Crippen molar-refractivity contribution in [1.82, 2.24) is 0 Å². The van der Waals surface area contributed by atoms with Gasteiger partial charge in [-0.2, -0.15) is 5.26 Å². The highest BCUT2D eigenvalue weighted by Gasteiger charge is 2.38. The Labute approximate surface area is 112 Å². The zero-order valence-corrected chi connectivity index (χ0v) is 11.5. The number of ether oxygens (including phenoxy) is 1. The van der Waals surface area contributed by atoms with Crippen molar-refractivity contribution in [2.24, 2.45) is 0 Å². The van der Waals surface area contributed by atoms with E-state index in [0.717, 1.165) is 16.9 Å². The number of hydrogen-bond donors (Lipinski definition) is 0. The van der Waals surface area contributed by atoms with E-state index in [9.17, 15) is 4.79 Å². The van der Waals surface area contributed by atoms with Gasteiger partial charge in [0, 0.05) is 29.9 Å². The zero-order valence-electron chi connectivity index (χ0n) is 11.5. The number of rotatable bonds is 1. The minimum absolute atomic E-state index is 0.302. The van der Waals surface area contributed by atoms with Gasteiger partial charge in [0.25, 0.3) is 0 Å². The van der Waals surface area contributed by atoms with Crippen LogP contribution in [0.3, 0.4) is 0 Å². The third kappa shape index (κ3) is 1.88. The van der Waals surface area contributed by atoms with Crippen LogP contribution >= 0.6 is 0 Å². The van der Waals surface area contributed by atoms with E-state index in [1.54, 1.807) is 12.1 Å². The molecule has 4 heteroatoms. The first kappa shape index (κ1) is 13.2. The monoisotopic (exact) mass is 256 g/mol. The van der Waals surface area contributed by atoms with Crippen molar-refractivity contribution in [1.29, 1.82) is 5.26 Å². The summed E-state index contributed by atoms with van der Waals surface area (Å²) in [4.78, 5) is 13.6. The summed E-state index contributed by atoms with van der Waals surface area (Å²) < 4.78 is 4.75. The molecule has 0 N–H and O–H groups in total. The second kappa shape index (κ2) is 4.43. The third-order valence-electron chi connectivity index (χ3n) is 3.66. The lowest BCUT2D eigenvalue weighted by atomic mass is 9.83. The van der Waals surface area contributed by atoms with Crippen molar-refractivity contribution >= 4 is 11.7 Å². The van der Waals surface area contributed by atoms with Crippen LogP contribution in [0, 0.1) is 11.3 Å². The van der Waals surface area contributed by atoms with E-state index >= 15 is 0 Å². The van der Waals surface area contributed by atoms with Crippen molar-refractivity contribution in [3.8, 4) is 6.07 Å². The molecule has 1 aromatic carbocycles. The van der Waals surface area contributed by atoms with E-state index in [0.29, 0.717) is 5.56 Å². The Hall–Kier alpha value is -2.28. The Bertz CT molecular complexity index is 609. The van der Waals surface area contributed by atoms with Gasteiger partial charge in [0.05, 0.1) is 18.7 Å². The third-order valence-corrected chi connectivity index (χ3v) is 3.66. The summed E-state index contributed by atoms with van der Waals surface area (Å²) in [5, 5.41) is 8.91. The molecule has 0 radical (unpaired) electrons. The number of methoxy groups -OCH3 is 1. The number of carbonyl (C=O) groups excluding carboxylic acids is 1. The molecule has 1 aromatic rings. The molecule has 1 heterocycles. The highest BCUT2D eigenvalue weighted by atomic mass is 16.5. The maximum atomic E-state index is 11.6. The molecule has 0 saturated carbocycles. The number of anilines is 1. The Morgan fingerprint density at radius 1 is 1.47 bits per heavy atom. The average Bonchev–Trinajstić information content (AvgIpc) is 2.59. The van der Waals surface area contributed by atoms with Gasteiger partial charge >= 0.3 is 5.97 Å². The van der Waals surface area contributed by atoms with Crippen molar-refractivity contribution in [2.75, 3.05) is 19.1 Å². The molecule has 0 amide bonds. The average molecular weight is 256 g/mol. The number of benzene rings is 1. The highest BCUT2D eigenvalue weighted by Crippen LogP contribution is 2.46. The molecular formula is C15H16N2O2. The Morgan fingerprint density at radius 2 is 2.16 bits per heavy atom. The molecule has 4 nitrogen and oxygen atoms in total. The molecule has 0 saturated heterocycles. The molecular weight excluding hydrogens is 240 g/mol. The van der Waals surface area contributed by atoms with E-state index in [1.165, 1.54) is 7.11 Å². The zero-order chi connectivity index (χ0) is 14.2. The van der Waals surface area contributed by atoms with Gasteiger partial charge in [-0.25, -0.2) is 4.79 Å². The quantitative estimate of drug-likeness (QED) is 0.572. The standard InChI is InChI=1S/C15H16N2O2/c1-15(2)11-9-10(14(18)19-4)5-6-12(11)17(3)13(15)7-8-16/h5-7,9H,1-4H3. The minimum atomic E-state index is -0.348. The number of esters is 1. The number of likely N-dealkylation sites (N-methyl/N-ethyl adjacent to an activating group) is 1. The summed E-state index contributed by atoms with van der Waals surface area (Å²) in [6.45, 7) is 4.08. The van der Waals surface area contributed by atoms with Crippen LogP contribution in [-0.2, 0) is 10.2 Å². The summed E-state index contributed by atoms with van der Waals surface area (Å²) in [6.07, 6.45) is 1.55. The van der Waals surface area contributed by atoms with Crippen LogP contribution in [-0.4, -0.2) is 20.1 Å². The molecule has 0 fully saturated rings. The minimum Gasteiger partial charge on any atom is -0.465 e. The van der Waals surface area contributed by atoms with Gasteiger partial charge in [-0.1, -0.05) is 13.8 Å². The van der Waals surface area contributed by atoms with Gasteiger partial charge < -0.3 is 9.64 Å². The van der Waals surface area contributed by atoms with E-state index in [2.05, 4.69) is 6.07 Å². The first-order chi connectivity index (χ1) is 8.93. The molecule has 1 aliphatic rings. The summed E-state index contributed by atoms with van der Waals surface area (Å²) in [5.41, 5.74) is 3.19. The largest absolute Gasteiger partial charge is 0.465 e. The summed E-state index contributed by atoms with van der Waals surface area (Å²) in [5.74, 6) is -0.348. The van der Waals surface area contributed by atoms with E-state index in [4.69, 9.17) is 10.00 Å². The topological polar surface area (TPSA) is 53.3 Å². The first-order valence-corrected chi connectivity index (χ1v) is 6.00. The van der Waals surface area contributed by atoms with Gasteiger partial charge in [0.1, 0.15) is 0 Å². The molecule has 0 atom stereocenters. The molecule has 98 valence electrons. The fourth-order valence-electron chi connectivity index (χ4n) is 2.60. The Morgan fingerprint density at radius 3 is 2.74 bits per heavy atom. The molecule has 1 aliphatic heterocycles. The fourth-order valence-corrected chi connectivity index (χ4v) is 2.60. The molecule has 0 aromatic heterocycles. The maximum absolute atomic E-state index is 11.6. The van der Waals surface area contributed by atoms with Gasteiger partial charge in [0.2, 0.25) is 0 Å². The molecule has 19 heavy (non-hydrogen) atoms. The van der Waals surface area contributed by atoms with Crippen molar-refractivity contribution in [2.45, 2.75) is 19.3 Å². The lowest BCUT2D eigenvalue weighted by molar-refractivity contribution is 0.0600. The fraction of sp³-hybridized carbons (Fsp3) is 0.333.